The second-order valence-electron chi connectivity index (χ2n) is 10.7. The molecule has 0 atom stereocenters. The lowest BCUT2D eigenvalue weighted by Crippen LogP contribution is -1.92. The molecular weight excluding hydrogens is 518 g/mol. The van der Waals surface area contributed by atoms with Gasteiger partial charge in [0.1, 0.15) is 0 Å². The van der Waals surface area contributed by atoms with Crippen molar-refractivity contribution in [3.05, 3.63) is 170 Å². The number of nitrogens with zero attached hydrogens (tertiary/aromatic N) is 1. The van der Waals surface area contributed by atoms with E-state index in [1.165, 1.54) is 54.6 Å². The Morgan fingerprint density at radius 1 is 0.558 bits per heavy atom. The highest BCUT2D eigenvalue weighted by molar-refractivity contribution is 6.21. The summed E-state index contributed by atoms with van der Waals surface area (Å²) in [5, 5.41) is 7.53. The predicted octanol–water partition coefficient (Wildman–Crippen LogP) is 11.7. The van der Waals surface area contributed by atoms with Gasteiger partial charge in [-0.1, -0.05) is 146 Å². The highest BCUT2D eigenvalue weighted by atomic mass is 14.7. The summed E-state index contributed by atoms with van der Waals surface area (Å²) in [6.45, 7) is 5.88. The van der Waals surface area contributed by atoms with Crippen molar-refractivity contribution in [1.29, 1.82) is 0 Å². The average molecular weight is 550 g/mol. The zero-order chi connectivity index (χ0) is 29.2. The molecule has 0 radical (unpaired) electrons. The number of pyridine rings is 1. The minimum absolute atomic E-state index is 0.931. The van der Waals surface area contributed by atoms with Gasteiger partial charge in [-0.05, 0) is 85.3 Å². The maximum absolute atomic E-state index is 4.98. The normalized spacial score (nSPS) is 12.0. The number of aromatic nitrogens is 1. The van der Waals surface area contributed by atoms with Crippen molar-refractivity contribution >= 4 is 37.9 Å². The van der Waals surface area contributed by atoms with Crippen LogP contribution in [0.2, 0.25) is 0 Å². The van der Waals surface area contributed by atoms with Crippen molar-refractivity contribution in [2.45, 2.75) is 6.92 Å². The van der Waals surface area contributed by atoms with Crippen molar-refractivity contribution in [2.75, 3.05) is 0 Å². The first-order valence-electron chi connectivity index (χ1n) is 14.7. The van der Waals surface area contributed by atoms with E-state index in [0.717, 1.165) is 22.5 Å². The molecule has 0 bridgehead atoms. The van der Waals surface area contributed by atoms with E-state index < -0.39 is 0 Å². The quantitative estimate of drug-likeness (QED) is 0.148. The molecule has 0 saturated heterocycles. The first kappa shape index (κ1) is 26.4. The SMILES string of the molecule is C=C/C=C(\C=C/C)c1cccc(-c2ccc(-c3c4ccccc4c(-c4ccc5ccccc5c4)c4ccccc34)cc2)n1. The molecule has 0 aliphatic carbocycles. The highest BCUT2D eigenvalue weighted by Crippen LogP contribution is 2.44. The Labute approximate surface area is 252 Å². The Morgan fingerprint density at radius 3 is 1.74 bits per heavy atom. The standard InChI is InChI=1S/C42H31N/c1-3-12-30(13-4-2)39-20-11-21-40(43-39)31-23-25-32(26-24-31)41-35-16-7-9-18-37(35)42(38-19-10-8-17-36(38)41)34-27-22-29-14-5-6-15-33(29)28-34/h3-28H,1H2,2H3/b13-4-,30-12+. The molecule has 7 rings (SSSR count). The smallest absolute Gasteiger partial charge is 0.0709 e. The molecule has 0 amide bonds. The van der Waals surface area contributed by atoms with Crippen LogP contribution in [0.4, 0.5) is 0 Å². The van der Waals surface area contributed by atoms with Gasteiger partial charge in [-0.25, -0.2) is 4.98 Å². The molecule has 0 saturated carbocycles. The lowest BCUT2D eigenvalue weighted by atomic mass is 9.85. The molecule has 0 N–H and O–H groups in total. The zero-order valence-corrected chi connectivity index (χ0v) is 24.2. The Morgan fingerprint density at radius 2 is 1.12 bits per heavy atom. The molecule has 0 fully saturated rings. The summed E-state index contributed by atoms with van der Waals surface area (Å²) in [4.78, 5) is 4.98. The first-order valence-corrected chi connectivity index (χ1v) is 14.7. The van der Waals surface area contributed by atoms with E-state index in [1.54, 1.807) is 6.08 Å². The molecule has 0 spiro atoms. The Hall–Kier alpha value is -5.53. The van der Waals surface area contributed by atoms with E-state index in [4.69, 9.17) is 4.98 Å². The zero-order valence-electron chi connectivity index (χ0n) is 24.2. The summed E-state index contributed by atoms with van der Waals surface area (Å²) in [5.41, 5.74) is 8.98. The van der Waals surface area contributed by atoms with Gasteiger partial charge in [0.2, 0.25) is 0 Å². The molecular formula is C42H31N. The van der Waals surface area contributed by atoms with Gasteiger partial charge in [0.15, 0.2) is 0 Å². The van der Waals surface area contributed by atoms with Crippen molar-refractivity contribution in [3.8, 4) is 33.5 Å². The topological polar surface area (TPSA) is 12.9 Å². The van der Waals surface area contributed by atoms with Gasteiger partial charge < -0.3 is 0 Å². The molecule has 1 aromatic heterocycles. The van der Waals surface area contributed by atoms with Gasteiger partial charge >= 0.3 is 0 Å². The van der Waals surface area contributed by atoms with E-state index >= 15 is 0 Å². The van der Waals surface area contributed by atoms with E-state index in [9.17, 15) is 0 Å². The highest BCUT2D eigenvalue weighted by Gasteiger charge is 2.17. The van der Waals surface area contributed by atoms with Crippen molar-refractivity contribution in [3.63, 3.8) is 0 Å². The fraction of sp³-hybridized carbons (Fsp3) is 0.0238. The van der Waals surface area contributed by atoms with Crippen LogP contribution in [-0.4, -0.2) is 4.98 Å². The maximum Gasteiger partial charge on any atom is 0.0709 e. The Kier molecular flexibility index (Phi) is 6.99. The molecule has 0 aliphatic rings. The summed E-state index contributed by atoms with van der Waals surface area (Å²) in [5.74, 6) is 0. The molecule has 43 heavy (non-hydrogen) atoms. The fourth-order valence-electron chi connectivity index (χ4n) is 6.19. The predicted molar refractivity (Wildman–Crippen MR) is 186 cm³/mol. The van der Waals surface area contributed by atoms with Crippen LogP contribution in [0.5, 0.6) is 0 Å². The molecule has 6 aromatic carbocycles. The summed E-state index contributed by atoms with van der Waals surface area (Å²) in [6.07, 6.45) is 7.89. The minimum atomic E-state index is 0.931. The van der Waals surface area contributed by atoms with Gasteiger partial charge in [-0.2, -0.15) is 0 Å². The molecule has 1 nitrogen and oxygen atoms in total. The van der Waals surface area contributed by atoms with Gasteiger partial charge in [-0.3, -0.25) is 0 Å². The average Bonchev–Trinajstić information content (AvgIpc) is 3.07. The van der Waals surface area contributed by atoms with E-state index in [1.807, 2.05) is 25.1 Å². The molecule has 7 aromatic rings. The molecule has 0 unspecified atom stereocenters. The first-order chi connectivity index (χ1) is 21.2. The van der Waals surface area contributed by atoms with Crippen LogP contribution in [0, 0.1) is 0 Å². The molecule has 1 heterocycles. The van der Waals surface area contributed by atoms with Crippen molar-refractivity contribution in [1.82, 2.24) is 4.98 Å². The third kappa shape index (κ3) is 4.86. The van der Waals surface area contributed by atoms with Gasteiger partial charge in [0, 0.05) is 5.56 Å². The van der Waals surface area contributed by atoms with Crippen molar-refractivity contribution < 1.29 is 0 Å². The summed E-state index contributed by atoms with van der Waals surface area (Å²) in [7, 11) is 0. The summed E-state index contributed by atoms with van der Waals surface area (Å²) >= 11 is 0. The largest absolute Gasteiger partial charge is 0.248 e. The lowest BCUT2D eigenvalue weighted by molar-refractivity contribution is 1.28. The number of rotatable bonds is 6. The Bertz CT molecular complexity index is 2140. The van der Waals surface area contributed by atoms with E-state index in [0.29, 0.717) is 0 Å². The second-order valence-corrected chi connectivity index (χ2v) is 10.7. The van der Waals surface area contributed by atoms with Crippen LogP contribution in [0.25, 0.3) is 71.4 Å². The number of fused-ring (bicyclic) bond motifs is 3. The van der Waals surface area contributed by atoms with Crippen molar-refractivity contribution in [2.24, 2.45) is 0 Å². The van der Waals surface area contributed by atoms with E-state index in [-0.39, 0.29) is 0 Å². The molecule has 204 valence electrons. The van der Waals surface area contributed by atoms with Gasteiger partial charge in [0.25, 0.3) is 0 Å². The van der Waals surface area contributed by atoms with E-state index in [2.05, 4.69) is 140 Å². The van der Waals surface area contributed by atoms with Gasteiger partial charge in [-0.15, -0.1) is 0 Å². The van der Waals surface area contributed by atoms with Gasteiger partial charge in [0.05, 0.1) is 11.4 Å². The Balaban J connectivity index is 1.39. The van der Waals surface area contributed by atoms with Crippen LogP contribution in [0.1, 0.15) is 12.6 Å². The number of allylic oxidation sites excluding steroid dienone is 5. The van der Waals surface area contributed by atoms with Crippen LogP contribution < -0.4 is 0 Å². The fourth-order valence-corrected chi connectivity index (χ4v) is 6.19. The monoisotopic (exact) mass is 549 g/mol. The summed E-state index contributed by atoms with van der Waals surface area (Å²) < 4.78 is 0. The number of hydrogen-bond acceptors (Lipinski definition) is 1. The third-order valence-electron chi connectivity index (χ3n) is 8.13. The van der Waals surface area contributed by atoms with Crippen LogP contribution >= 0.6 is 0 Å². The molecule has 0 aliphatic heterocycles. The lowest BCUT2D eigenvalue weighted by Gasteiger charge is -2.18. The third-order valence-corrected chi connectivity index (χ3v) is 8.13. The summed E-state index contributed by atoms with van der Waals surface area (Å²) in [6, 6.07) is 48.1. The molecule has 1 heteroatoms. The van der Waals surface area contributed by atoms with Crippen LogP contribution in [0.15, 0.2) is 164 Å². The van der Waals surface area contributed by atoms with Crippen LogP contribution in [0.3, 0.4) is 0 Å². The maximum atomic E-state index is 4.98. The minimum Gasteiger partial charge on any atom is -0.248 e. The number of hydrogen-bond donors (Lipinski definition) is 0. The second kappa shape index (κ2) is 11.4. The van der Waals surface area contributed by atoms with Crippen LogP contribution in [-0.2, 0) is 0 Å². The number of benzene rings is 6.